The van der Waals surface area contributed by atoms with Gasteiger partial charge in [-0.2, -0.15) is 13.2 Å². The lowest BCUT2D eigenvalue weighted by atomic mass is 10.0. The Kier molecular flexibility index (Phi) is 5.57. The van der Waals surface area contributed by atoms with Crippen LogP contribution in [0.15, 0.2) is 54.6 Å². The van der Waals surface area contributed by atoms with Crippen LogP contribution < -0.4 is 5.32 Å². The standard InChI is InChI=1S/C17H14F3NO3/c18-17(19,20)14-9-5-4-8-13(14)15(22)10-21-16(23)24-11-12-6-2-1-3-7-12/h1-9H,10-11H2,(H,21,23). The minimum atomic E-state index is -4.64. The van der Waals surface area contributed by atoms with Crippen LogP contribution >= 0.6 is 0 Å². The number of alkyl carbamates (subject to hydrolysis) is 1. The van der Waals surface area contributed by atoms with E-state index in [4.69, 9.17) is 4.74 Å². The van der Waals surface area contributed by atoms with Gasteiger partial charge in [0.25, 0.3) is 0 Å². The first-order chi connectivity index (χ1) is 11.4. The monoisotopic (exact) mass is 337 g/mol. The maximum absolute atomic E-state index is 12.9. The number of carbonyl (C=O) groups is 2. The molecule has 2 rings (SSSR count). The number of alkyl halides is 3. The Labute approximate surface area is 136 Å². The molecule has 0 aromatic heterocycles. The van der Waals surface area contributed by atoms with E-state index in [0.717, 1.165) is 17.7 Å². The number of benzene rings is 2. The molecule has 4 nitrogen and oxygen atoms in total. The molecule has 2 aromatic carbocycles. The summed E-state index contributed by atoms with van der Waals surface area (Å²) in [7, 11) is 0. The third-order valence-corrected chi connectivity index (χ3v) is 3.14. The van der Waals surface area contributed by atoms with Crippen molar-refractivity contribution in [2.75, 3.05) is 6.54 Å². The molecule has 0 aliphatic rings. The maximum Gasteiger partial charge on any atom is 0.417 e. The fourth-order valence-electron chi connectivity index (χ4n) is 2.00. The highest BCUT2D eigenvalue weighted by molar-refractivity contribution is 6.00. The molecule has 7 heteroatoms. The van der Waals surface area contributed by atoms with E-state index in [-0.39, 0.29) is 6.61 Å². The van der Waals surface area contributed by atoms with Gasteiger partial charge >= 0.3 is 12.3 Å². The minimum Gasteiger partial charge on any atom is -0.445 e. The second-order valence-electron chi connectivity index (χ2n) is 4.88. The zero-order valence-electron chi connectivity index (χ0n) is 12.5. The van der Waals surface area contributed by atoms with Gasteiger partial charge in [0.15, 0.2) is 5.78 Å². The molecular weight excluding hydrogens is 323 g/mol. The lowest BCUT2D eigenvalue weighted by Gasteiger charge is -2.12. The SMILES string of the molecule is O=C(NCC(=O)c1ccccc1C(F)(F)F)OCc1ccccc1. The average Bonchev–Trinajstić information content (AvgIpc) is 2.58. The number of hydrogen-bond donors (Lipinski definition) is 1. The minimum absolute atomic E-state index is 0.00000189. The number of nitrogens with one attached hydrogen (secondary N) is 1. The molecule has 0 spiro atoms. The summed E-state index contributed by atoms with van der Waals surface area (Å²) in [5.41, 5.74) is -0.774. The Hall–Kier alpha value is -2.83. The van der Waals surface area contributed by atoms with Gasteiger partial charge < -0.3 is 10.1 Å². The van der Waals surface area contributed by atoms with Crippen LogP contribution in [-0.2, 0) is 17.5 Å². The summed E-state index contributed by atoms with van der Waals surface area (Å²) in [6.45, 7) is -0.583. The molecule has 0 unspecified atom stereocenters. The molecule has 0 saturated carbocycles. The van der Waals surface area contributed by atoms with Crippen molar-refractivity contribution in [2.24, 2.45) is 0 Å². The van der Waals surface area contributed by atoms with E-state index in [1.54, 1.807) is 30.3 Å². The van der Waals surface area contributed by atoms with Crippen LogP contribution in [-0.4, -0.2) is 18.4 Å². The molecule has 1 N–H and O–H groups in total. The summed E-state index contributed by atoms with van der Waals surface area (Å²) in [4.78, 5) is 23.4. The predicted octanol–water partition coefficient (Wildman–Crippen LogP) is 3.81. The van der Waals surface area contributed by atoms with E-state index in [9.17, 15) is 22.8 Å². The van der Waals surface area contributed by atoms with Gasteiger partial charge in [-0.15, -0.1) is 0 Å². The number of Topliss-reactive ketones (excluding diaryl/α,β-unsaturated/α-hetero) is 1. The van der Waals surface area contributed by atoms with E-state index in [2.05, 4.69) is 5.32 Å². The highest BCUT2D eigenvalue weighted by atomic mass is 19.4. The van der Waals surface area contributed by atoms with Crippen LogP contribution in [0.5, 0.6) is 0 Å². The number of halogens is 3. The number of amides is 1. The van der Waals surface area contributed by atoms with Crippen molar-refractivity contribution in [3.63, 3.8) is 0 Å². The molecule has 0 radical (unpaired) electrons. The smallest absolute Gasteiger partial charge is 0.417 e. The largest absolute Gasteiger partial charge is 0.445 e. The Morgan fingerprint density at radius 3 is 2.25 bits per heavy atom. The van der Waals surface area contributed by atoms with E-state index in [0.29, 0.717) is 0 Å². The molecule has 0 atom stereocenters. The van der Waals surface area contributed by atoms with Crippen LogP contribution in [0.3, 0.4) is 0 Å². The summed E-state index contributed by atoms with van der Waals surface area (Å²) in [5, 5.41) is 2.15. The quantitative estimate of drug-likeness (QED) is 0.844. The van der Waals surface area contributed by atoms with Crippen LogP contribution in [0, 0.1) is 0 Å². The van der Waals surface area contributed by atoms with Gasteiger partial charge in [-0.25, -0.2) is 4.79 Å². The third kappa shape index (κ3) is 4.84. The second-order valence-corrected chi connectivity index (χ2v) is 4.88. The van der Waals surface area contributed by atoms with E-state index < -0.39 is 35.7 Å². The summed E-state index contributed by atoms with van der Waals surface area (Å²) < 4.78 is 43.4. The van der Waals surface area contributed by atoms with Crippen molar-refractivity contribution in [3.05, 3.63) is 71.3 Å². The molecule has 0 aliphatic carbocycles. The second kappa shape index (κ2) is 7.63. The highest BCUT2D eigenvalue weighted by Crippen LogP contribution is 2.31. The van der Waals surface area contributed by atoms with Crippen LogP contribution in [0.2, 0.25) is 0 Å². The van der Waals surface area contributed by atoms with Crippen molar-refractivity contribution >= 4 is 11.9 Å². The summed E-state index contributed by atoms with van der Waals surface area (Å²) in [5.74, 6) is -0.848. The summed E-state index contributed by atoms with van der Waals surface area (Å²) in [6.07, 6.45) is -5.52. The Balaban J connectivity index is 1.90. The molecule has 0 heterocycles. The van der Waals surface area contributed by atoms with Gasteiger partial charge in [0.05, 0.1) is 12.1 Å². The fraction of sp³-hybridized carbons (Fsp3) is 0.176. The van der Waals surface area contributed by atoms with E-state index in [1.165, 1.54) is 12.1 Å². The normalized spacial score (nSPS) is 11.0. The van der Waals surface area contributed by atoms with Gasteiger partial charge in [-0.3, -0.25) is 4.79 Å². The molecule has 0 saturated heterocycles. The number of ether oxygens (including phenoxy) is 1. The molecule has 0 bridgehead atoms. The van der Waals surface area contributed by atoms with Gasteiger partial charge in [-0.1, -0.05) is 48.5 Å². The summed E-state index contributed by atoms with van der Waals surface area (Å²) in [6, 6.07) is 13.3. The van der Waals surface area contributed by atoms with Crippen LogP contribution in [0.1, 0.15) is 21.5 Å². The third-order valence-electron chi connectivity index (χ3n) is 3.14. The molecular formula is C17H14F3NO3. The first-order valence-electron chi connectivity index (χ1n) is 7.02. The number of ketones is 1. The Bertz CT molecular complexity index is 715. The number of hydrogen-bond acceptors (Lipinski definition) is 3. The van der Waals surface area contributed by atoms with Gasteiger partial charge in [0.1, 0.15) is 6.61 Å². The topological polar surface area (TPSA) is 55.4 Å². The van der Waals surface area contributed by atoms with Gasteiger partial charge in [0.2, 0.25) is 0 Å². The fourth-order valence-corrected chi connectivity index (χ4v) is 2.00. The zero-order chi connectivity index (χ0) is 17.6. The van der Waals surface area contributed by atoms with Crippen molar-refractivity contribution in [1.29, 1.82) is 0 Å². The lowest BCUT2D eigenvalue weighted by Crippen LogP contribution is -2.31. The molecule has 0 fully saturated rings. The van der Waals surface area contributed by atoms with Crippen molar-refractivity contribution in [3.8, 4) is 0 Å². The molecule has 1 amide bonds. The van der Waals surface area contributed by atoms with Gasteiger partial charge in [-0.05, 0) is 11.6 Å². The molecule has 126 valence electrons. The van der Waals surface area contributed by atoms with Gasteiger partial charge in [0, 0.05) is 5.56 Å². The molecule has 0 aliphatic heterocycles. The van der Waals surface area contributed by atoms with Crippen LogP contribution in [0.4, 0.5) is 18.0 Å². The van der Waals surface area contributed by atoms with E-state index in [1.807, 2.05) is 0 Å². The number of rotatable bonds is 5. The molecule has 2 aromatic rings. The van der Waals surface area contributed by atoms with Crippen LogP contribution in [0.25, 0.3) is 0 Å². The molecule has 24 heavy (non-hydrogen) atoms. The maximum atomic E-state index is 12.9. The average molecular weight is 337 g/mol. The lowest BCUT2D eigenvalue weighted by molar-refractivity contribution is -0.137. The first kappa shape index (κ1) is 17.5. The Morgan fingerprint density at radius 1 is 0.958 bits per heavy atom. The van der Waals surface area contributed by atoms with Crippen molar-refractivity contribution < 1.29 is 27.5 Å². The predicted molar refractivity (Wildman–Crippen MR) is 80.4 cm³/mol. The zero-order valence-corrected chi connectivity index (χ0v) is 12.5. The van der Waals surface area contributed by atoms with E-state index >= 15 is 0 Å². The highest BCUT2D eigenvalue weighted by Gasteiger charge is 2.34. The summed E-state index contributed by atoms with van der Waals surface area (Å²) >= 11 is 0. The van der Waals surface area contributed by atoms with Crippen molar-refractivity contribution in [1.82, 2.24) is 5.32 Å². The number of carbonyl (C=O) groups excluding carboxylic acids is 2. The Morgan fingerprint density at radius 2 is 1.58 bits per heavy atom. The first-order valence-corrected chi connectivity index (χ1v) is 7.02. The van der Waals surface area contributed by atoms with Crippen molar-refractivity contribution in [2.45, 2.75) is 12.8 Å².